The van der Waals surface area contributed by atoms with E-state index in [0.717, 1.165) is 28.0 Å². The maximum atomic E-state index is 4.61. The van der Waals surface area contributed by atoms with Crippen LogP contribution in [-0.4, -0.2) is 16.5 Å². The van der Waals surface area contributed by atoms with Gasteiger partial charge in [-0.1, -0.05) is 25.1 Å². The first kappa shape index (κ1) is 13.5. The van der Waals surface area contributed by atoms with Gasteiger partial charge < -0.3 is 5.32 Å². The maximum Gasteiger partial charge on any atom is 0.157 e. The normalized spacial score (nSPS) is 11.1. The predicted molar refractivity (Wildman–Crippen MR) is 85.4 cm³/mol. The largest absolute Gasteiger partial charge is 0.313 e. The number of nitrogens with zero attached hydrogens (tertiary/aromatic N) is 2. The number of nitrogens with one attached hydrogen (secondary N) is 1. The van der Waals surface area contributed by atoms with Gasteiger partial charge in [0.05, 0.1) is 10.2 Å². The summed E-state index contributed by atoms with van der Waals surface area (Å²) >= 11 is 3.33. The van der Waals surface area contributed by atoms with Gasteiger partial charge in [-0.15, -0.1) is 11.3 Å². The van der Waals surface area contributed by atoms with Gasteiger partial charge >= 0.3 is 0 Å². The molecule has 0 spiro atoms. The number of aromatic nitrogens is 2. The van der Waals surface area contributed by atoms with Gasteiger partial charge in [-0.3, -0.25) is 0 Å². The highest BCUT2D eigenvalue weighted by atomic mass is 32.2. The lowest BCUT2D eigenvalue weighted by molar-refractivity contribution is 0.723. The number of fused-ring (bicyclic) bond motifs is 1. The summed E-state index contributed by atoms with van der Waals surface area (Å²) in [6.45, 7) is 3.95. The third kappa shape index (κ3) is 3.17. The lowest BCUT2D eigenvalue weighted by atomic mass is 10.3. The summed E-state index contributed by atoms with van der Waals surface area (Å²) in [5, 5.41) is 4.28. The van der Waals surface area contributed by atoms with Gasteiger partial charge in [0.2, 0.25) is 0 Å². The summed E-state index contributed by atoms with van der Waals surface area (Å²) < 4.78 is 2.26. The van der Waals surface area contributed by atoms with E-state index in [0.29, 0.717) is 0 Å². The number of pyridine rings is 1. The van der Waals surface area contributed by atoms with Crippen LogP contribution < -0.4 is 5.32 Å². The van der Waals surface area contributed by atoms with Crippen molar-refractivity contribution < 1.29 is 0 Å². The van der Waals surface area contributed by atoms with Crippen molar-refractivity contribution in [3.63, 3.8) is 0 Å². The van der Waals surface area contributed by atoms with Crippen LogP contribution >= 0.6 is 23.1 Å². The highest BCUT2D eigenvalue weighted by Crippen LogP contribution is 2.33. The maximum absolute atomic E-state index is 4.61. The smallest absolute Gasteiger partial charge is 0.157 e. The quantitative estimate of drug-likeness (QED) is 0.774. The van der Waals surface area contributed by atoms with Crippen LogP contribution in [0.2, 0.25) is 0 Å². The minimum Gasteiger partial charge on any atom is -0.313 e. The second-order valence-corrected chi connectivity index (χ2v) is 6.63. The number of hydrogen-bond donors (Lipinski definition) is 1. The van der Waals surface area contributed by atoms with E-state index >= 15 is 0 Å². The number of hydrogen-bond acceptors (Lipinski definition) is 5. The van der Waals surface area contributed by atoms with Crippen molar-refractivity contribution in [2.45, 2.75) is 22.8 Å². The van der Waals surface area contributed by atoms with E-state index in [2.05, 4.69) is 40.4 Å². The minimum absolute atomic E-state index is 0.871. The highest BCUT2D eigenvalue weighted by Gasteiger charge is 2.06. The number of para-hydroxylation sites is 1. The molecule has 0 aliphatic heterocycles. The molecule has 0 saturated heterocycles. The van der Waals surface area contributed by atoms with Crippen LogP contribution in [0, 0.1) is 0 Å². The summed E-state index contributed by atoms with van der Waals surface area (Å²) in [7, 11) is 0. The van der Waals surface area contributed by atoms with Crippen molar-refractivity contribution in [3.8, 4) is 0 Å². The zero-order chi connectivity index (χ0) is 13.8. The minimum atomic E-state index is 0.871. The third-order valence-corrected chi connectivity index (χ3v) is 4.89. The highest BCUT2D eigenvalue weighted by molar-refractivity contribution is 8.01. The molecule has 3 rings (SSSR count). The topological polar surface area (TPSA) is 37.8 Å². The fourth-order valence-corrected chi connectivity index (χ4v) is 3.78. The van der Waals surface area contributed by atoms with Crippen LogP contribution in [0.25, 0.3) is 10.2 Å². The van der Waals surface area contributed by atoms with Crippen molar-refractivity contribution >= 4 is 33.3 Å². The summed E-state index contributed by atoms with van der Waals surface area (Å²) in [5.74, 6) is 0. The van der Waals surface area contributed by atoms with E-state index < -0.39 is 0 Å². The molecule has 0 radical (unpaired) electrons. The number of thiazole rings is 1. The second kappa shape index (κ2) is 6.35. The molecule has 0 aliphatic rings. The first-order chi connectivity index (χ1) is 9.85. The van der Waals surface area contributed by atoms with E-state index in [4.69, 9.17) is 0 Å². The Kier molecular flexibility index (Phi) is 4.30. The van der Waals surface area contributed by atoms with E-state index in [9.17, 15) is 0 Å². The molecular formula is C15H15N3S2. The lowest BCUT2D eigenvalue weighted by Gasteiger charge is -2.02. The van der Waals surface area contributed by atoms with Gasteiger partial charge in [0.15, 0.2) is 4.34 Å². The molecule has 20 heavy (non-hydrogen) atoms. The van der Waals surface area contributed by atoms with E-state index in [1.807, 2.05) is 24.4 Å². The Balaban J connectivity index is 1.73. The molecule has 1 aromatic carbocycles. The molecule has 0 bridgehead atoms. The molecule has 2 heterocycles. The van der Waals surface area contributed by atoms with Gasteiger partial charge in [0.1, 0.15) is 5.03 Å². The van der Waals surface area contributed by atoms with E-state index in [1.54, 1.807) is 23.1 Å². The fraction of sp³-hybridized carbons (Fsp3) is 0.200. The molecule has 0 fully saturated rings. The molecule has 1 N–H and O–H groups in total. The fourth-order valence-electron chi connectivity index (χ4n) is 1.83. The number of benzene rings is 1. The SMILES string of the molecule is CCNCc1ccc(Sc2nc3ccccc3s2)nc1. The molecule has 0 atom stereocenters. The van der Waals surface area contributed by atoms with Crippen molar-refractivity contribution in [1.82, 2.24) is 15.3 Å². The predicted octanol–water partition coefficient (Wildman–Crippen LogP) is 3.95. The first-order valence-corrected chi connectivity index (χ1v) is 8.17. The Morgan fingerprint density at radius 2 is 2.10 bits per heavy atom. The molecule has 102 valence electrons. The van der Waals surface area contributed by atoms with Crippen LogP contribution in [0.15, 0.2) is 52.0 Å². The summed E-state index contributed by atoms with van der Waals surface area (Å²) in [4.78, 5) is 9.10. The molecule has 3 nitrogen and oxygen atoms in total. The summed E-state index contributed by atoms with van der Waals surface area (Å²) in [5.41, 5.74) is 2.27. The first-order valence-electron chi connectivity index (χ1n) is 6.54. The van der Waals surface area contributed by atoms with Crippen LogP contribution in [0.1, 0.15) is 12.5 Å². The van der Waals surface area contributed by atoms with Gasteiger partial charge in [-0.25, -0.2) is 9.97 Å². The Hall–Kier alpha value is -1.43. The van der Waals surface area contributed by atoms with E-state index in [-0.39, 0.29) is 0 Å². The van der Waals surface area contributed by atoms with Crippen LogP contribution in [0.4, 0.5) is 0 Å². The van der Waals surface area contributed by atoms with Crippen LogP contribution in [0.5, 0.6) is 0 Å². The average Bonchev–Trinajstić information content (AvgIpc) is 2.89. The standard InChI is InChI=1S/C15H15N3S2/c1-2-16-9-11-7-8-14(17-10-11)20-15-18-12-5-3-4-6-13(12)19-15/h3-8,10,16H,2,9H2,1H3. The molecule has 0 aliphatic carbocycles. The molecule has 0 saturated carbocycles. The molecule has 0 unspecified atom stereocenters. The van der Waals surface area contributed by atoms with Crippen molar-refractivity contribution in [2.75, 3.05) is 6.54 Å². The van der Waals surface area contributed by atoms with Crippen molar-refractivity contribution in [1.29, 1.82) is 0 Å². The zero-order valence-corrected chi connectivity index (χ0v) is 12.8. The van der Waals surface area contributed by atoms with Gasteiger partial charge in [0, 0.05) is 12.7 Å². The van der Waals surface area contributed by atoms with E-state index in [1.165, 1.54) is 10.3 Å². The third-order valence-electron chi connectivity index (χ3n) is 2.84. The second-order valence-electron chi connectivity index (χ2n) is 4.33. The molecule has 3 aromatic rings. The number of rotatable bonds is 5. The van der Waals surface area contributed by atoms with Crippen LogP contribution in [0.3, 0.4) is 0 Å². The summed E-state index contributed by atoms with van der Waals surface area (Å²) in [6, 6.07) is 12.4. The van der Waals surface area contributed by atoms with Gasteiger partial charge in [0.25, 0.3) is 0 Å². The monoisotopic (exact) mass is 301 g/mol. The molecule has 5 heteroatoms. The molecule has 2 aromatic heterocycles. The average molecular weight is 301 g/mol. The Morgan fingerprint density at radius 3 is 2.85 bits per heavy atom. The van der Waals surface area contributed by atoms with Gasteiger partial charge in [-0.2, -0.15) is 0 Å². The molecule has 0 amide bonds. The summed E-state index contributed by atoms with van der Waals surface area (Å²) in [6.07, 6.45) is 1.93. The molecular weight excluding hydrogens is 286 g/mol. The van der Waals surface area contributed by atoms with Crippen molar-refractivity contribution in [3.05, 3.63) is 48.2 Å². The van der Waals surface area contributed by atoms with Gasteiger partial charge in [-0.05, 0) is 42.1 Å². The van der Waals surface area contributed by atoms with Crippen LogP contribution in [-0.2, 0) is 6.54 Å². The Bertz CT molecular complexity index is 659. The Morgan fingerprint density at radius 1 is 1.20 bits per heavy atom. The Labute approximate surface area is 126 Å². The lowest BCUT2D eigenvalue weighted by Crippen LogP contribution is -2.11. The zero-order valence-electron chi connectivity index (χ0n) is 11.2. The van der Waals surface area contributed by atoms with Crippen molar-refractivity contribution in [2.24, 2.45) is 0 Å².